The number of piperidine rings is 1. The molecule has 106 valence electrons. The highest BCUT2D eigenvalue weighted by Crippen LogP contribution is 2.31. The molecule has 3 fully saturated rings. The van der Waals surface area contributed by atoms with Crippen LogP contribution in [-0.2, 0) is 9.59 Å². The topological polar surface area (TPSA) is 40.6 Å². The molecule has 0 N–H and O–H groups in total. The Kier molecular flexibility index (Phi) is 3.50. The number of nitrogens with zero attached hydrogens (tertiary/aromatic N) is 2. The van der Waals surface area contributed by atoms with E-state index in [-0.39, 0.29) is 17.9 Å². The molecule has 1 aliphatic carbocycles. The summed E-state index contributed by atoms with van der Waals surface area (Å²) in [6.07, 6.45) is 7.61. The van der Waals surface area contributed by atoms with Crippen molar-refractivity contribution in [1.29, 1.82) is 0 Å². The first-order chi connectivity index (χ1) is 9.16. The van der Waals surface area contributed by atoms with Gasteiger partial charge in [-0.2, -0.15) is 0 Å². The summed E-state index contributed by atoms with van der Waals surface area (Å²) in [5, 5.41) is 0. The fourth-order valence-electron chi connectivity index (χ4n) is 3.99. The highest BCUT2D eigenvalue weighted by Gasteiger charge is 2.43. The molecule has 0 radical (unpaired) electrons. The second-order valence-electron chi connectivity index (χ2n) is 6.49. The summed E-state index contributed by atoms with van der Waals surface area (Å²) in [5.41, 5.74) is 0. The van der Waals surface area contributed by atoms with E-state index >= 15 is 0 Å². The SMILES string of the molecule is CC1CCCC(N2CC(=O)N3CCCCC3C2=O)C1. The van der Waals surface area contributed by atoms with E-state index in [9.17, 15) is 9.59 Å². The minimum absolute atomic E-state index is 0.146. The van der Waals surface area contributed by atoms with E-state index in [1.54, 1.807) is 0 Å². The van der Waals surface area contributed by atoms with Gasteiger partial charge in [0, 0.05) is 12.6 Å². The van der Waals surface area contributed by atoms with Crippen LogP contribution in [-0.4, -0.2) is 46.8 Å². The van der Waals surface area contributed by atoms with Crippen LogP contribution in [0.25, 0.3) is 0 Å². The molecular formula is C15H24N2O2. The maximum atomic E-state index is 12.6. The predicted molar refractivity (Wildman–Crippen MR) is 72.5 cm³/mol. The maximum absolute atomic E-state index is 12.6. The monoisotopic (exact) mass is 264 g/mol. The summed E-state index contributed by atoms with van der Waals surface area (Å²) >= 11 is 0. The van der Waals surface area contributed by atoms with Gasteiger partial charge in [0.05, 0.1) is 0 Å². The number of hydrogen-bond acceptors (Lipinski definition) is 2. The van der Waals surface area contributed by atoms with Gasteiger partial charge in [-0.3, -0.25) is 9.59 Å². The van der Waals surface area contributed by atoms with Crippen molar-refractivity contribution in [3.05, 3.63) is 0 Å². The van der Waals surface area contributed by atoms with Crippen LogP contribution in [0.15, 0.2) is 0 Å². The lowest BCUT2D eigenvalue weighted by Gasteiger charge is -2.46. The molecule has 0 spiro atoms. The van der Waals surface area contributed by atoms with Gasteiger partial charge in [-0.1, -0.05) is 19.8 Å². The zero-order valence-corrected chi connectivity index (χ0v) is 11.8. The Morgan fingerprint density at radius 3 is 2.63 bits per heavy atom. The molecule has 0 aromatic heterocycles. The quantitative estimate of drug-likeness (QED) is 0.724. The number of carbonyl (C=O) groups excluding carboxylic acids is 2. The van der Waals surface area contributed by atoms with Gasteiger partial charge in [-0.15, -0.1) is 0 Å². The summed E-state index contributed by atoms with van der Waals surface area (Å²) in [4.78, 5) is 28.6. The van der Waals surface area contributed by atoms with Crippen LogP contribution in [0, 0.1) is 5.92 Å². The van der Waals surface area contributed by atoms with Crippen molar-refractivity contribution in [2.24, 2.45) is 5.92 Å². The molecule has 2 amide bonds. The highest BCUT2D eigenvalue weighted by molar-refractivity contribution is 5.95. The standard InChI is InChI=1S/C15H24N2O2/c1-11-5-4-6-12(9-11)17-10-14(18)16-8-3-2-7-13(16)15(17)19/h11-13H,2-10H2,1H3. The lowest BCUT2D eigenvalue weighted by atomic mass is 9.85. The van der Waals surface area contributed by atoms with E-state index < -0.39 is 0 Å². The van der Waals surface area contributed by atoms with Crippen LogP contribution in [0.4, 0.5) is 0 Å². The molecule has 3 unspecified atom stereocenters. The number of piperazine rings is 1. The van der Waals surface area contributed by atoms with Crippen LogP contribution < -0.4 is 0 Å². The summed E-state index contributed by atoms with van der Waals surface area (Å²) in [6.45, 7) is 3.37. The molecule has 19 heavy (non-hydrogen) atoms. The third kappa shape index (κ3) is 2.37. The molecule has 0 aromatic rings. The largest absolute Gasteiger partial charge is 0.329 e. The van der Waals surface area contributed by atoms with Crippen LogP contribution in [0.2, 0.25) is 0 Å². The Balaban J connectivity index is 1.75. The van der Waals surface area contributed by atoms with E-state index in [1.807, 2.05) is 9.80 Å². The molecule has 4 heteroatoms. The third-order valence-corrected chi connectivity index (χ3v) is 5.05. The second-order valence-corrected chi connectivity index (χ2v) is 6.49. The fraction of sp³-hybridized carbons (Fsp3) is 0.867. The molecule has 2 saturated heterocycles. The minimum atomic E-state index is -0.146. The van der Waals surface area contributed by atoms with Crippen molar-refractivity contribution in [2.75, 3.05) is 13.1 Å². The van der Waals surface area contributed by atoms with Gasteiger partial charge in [0.25, 0.3) is 0 Å². The lowest BCUT2D eigenvalue weighted by Crippen LogP contribution is -2.63. The minimum Gasteiger partial charge on any atom is -0.329 e. The zero-order valence-electron chi connectivity index (χ0n) is 11.8. The van der Waals surface area contributed by atoms with E-state index in [0.717, 1.165) is 38.6 Å². The molecule has 3 aliphatic rings. The summed E-state index contributed by atoms with van der Waals surface area (Å²) < 4.78 is 0. The van der Waals surface area contributed by atoms with Gasteiger partial charge in [-0.05, 0) is 38.0 Å². The highest BCUT2D eigenvalue weighted by atomic mass is 16.2. The van der Waals surface area contributed by atoms with Crippen molar-refractivity contribution in [2.45, 2.75) is 64.0 Å². The Morgan fingerprint density at radius 2 is 1.84 bits per heavy atom. The van der Waals surface area contributed by atoms with Gasteiger partial charge >= 0.3 is 0 Å². The normalized spacial score (nSPS) is 36.4. The van der Waals surface area contributed by atoms with Crippen molar-refractivity contribution >= 4 is 11.8 Å². The third-order valence-electron chi connectivity index (χ3n) is 5.05. The van der Waals surface area contributed by atoms with E-state index in [0.29, 0.717) is 18.5 Å². The predicted octanol–water partition coefficient (Wildman–Crippen LogP) is 1.79. The average Bonchev–Trinajstić information content (AvgIpc) is 2.43. The molecule has 1 saturated carbocycles. The molecule has 0 bridgehead atoms. The van der Waals surface area contributed by atoms with Gasteiger partial charge in [-0.25, -0.2) is 0 Å². The molecular weight excluding hydrogens is 240 g/mol. The molecule has 0 aromatic carbocycles. The molecule has 2 heterocycles. The molecule has 2 aliphatic heterocycles. The number of hydrogen-bond donors (Lipinski definition) is 0. The first-order valence-electron chi connectivity index (χ1n) is 7.77. The van der Waals surface area contributed by atoms with Crippen LogP contribution >= 0.6 is 0 Å². The van der Waals surface area contributed by atoms with Crippen molar-refractivity contribution in [3.8, 4) is 0 Å². The first kappa shape index (κ1) is 12.9. The summed E-state index contributed by atoms with van der Waals surface area (Å²) in [5.74, 6) is 1.08. The van der Waals surface area contributed by atoms with Crippen LogP contribution in [0.3, 0.4) is 0 Å². The summed E-state index contributed by atoms with van der Waals surface area (Å²) in [6, 6.07) is 0.163. The Morgan fingerprint density at radius 1 is 1.00 bits per heavy atom. The van der Waals surface area contributed by atoms with E-state index in [4.69, 9.17) is 0 Å². The van der Waals surface area contributed by atoms with E-state index in [1.165, 1.54) is 12.8 Å². The fourth-order valence-corrected chi connectivity index (χ4v) is 3.99. The Labute approximate surface area is 115 Å². The zero-order chi connectivity index (χ0) is 13.4. The number of rotatable bonds is 1. The number of fused-ring (bicyclic) bond motifs is 1. The number of amides is 2. The number of carbonyl (C=O) groups is 2. The van der Waals surface area contributed by atoms with Gasteiger partial charge in [0.1, 0.15) is 12.6 Å². The first-order valence-corrected chi connectivity index (χ1v) is 7.77. The Hall–Kier alpha value is -1.06. The average molecular weight is 264 g/mol. The van der Waals surface area contributed by atoms with Gasteiger partial charge in [0.2, 0.25) is 11.8 Å². The molecule has 3 rings (SSSR count). The molecule has 4 nitrogen and oxygen atoms in total. The van der Waals surface area contributed by atoms with Crippen molar-refractivity contribution < 1.29 is 9.59 Å². The lowest BCUT2D eigenvalue weighted by molar-refractivity contribution is -0.160. The van der Waals surface area contributed by atoms with E-state index in [2.05, 4.69) is 6.92 Å². The Bertz CT molecular complexity index is 382. The van der Waals surface area contributed by atoms with Gasteiger partial charge < -0.3 is 9.80 Å². The van der Waals surface area contributed by atoms with Crippen molar-refractivity contribution in [3.63, 3.8) is 0 Å². The van der Waals surface area contributed by atoms with Crippen LogP contribution in [0.1, 0.15) is 51.9 Å². The van der Waals surface area contributed by atoms with Gasteiger partial charge in [0.15, 0.2) is 0 Å². The smallest absolute Gasteiger partial charge is 0.246 e. The summed E-state index contributed by atoms with van der Waals surface area (Å²) in [7, 11) is 0. The molecule has 3 atom stereocenters. The second kappa shape index (κ2) is 5.14. The van der Waals surface area contributed by atoms with Crippen LogP contribution in [0.5, 0.6) is 0 Å². The van der Waals surface area contributed by atoms with Crippen molar-refractivity contribution in [1.82, 2.24) is 9.80 Å². The maximum Gasteiger partial charge on any atom is 0.246 e.